The molecule has 3 heteroatoms. The summed E-state index contributed by atoms with van der Waals surface area (Å²) < 4.78 is 12.5. The first-order valence-corrected chi connectivity index (χ1v) is 4.78. The molecule has 0 spiro atoms. The fourth-order valence-corrected chi connectivity index (χ4v) is 1.72. The van der Waals surface area contributed by atoms with E-state index < -0.39 is 11.7 Å². The number of carbonyl (C=O) groups is 1. The summed E-state index contributed by atoms with van der Waals surface area (Å²) in [6.45, 7) is 6.52. The minimum absolute atomic E-state index is 0.533. The number of carbonyl (C=O) groups excluding carboxylic acids is 1. The highest BCUT2D eigenvalue weighted by Gasteiger charge is 2.22. The number of hydrogen-bond acceptors (Lipinski definition) is 1. The number of nitrogens with zero attached hydrogens (tertiary/aromatic N) is 1. The lowest BCUT2D eigenvalue weighted by Crippen LogP contribution is -2.38. The Bertz CT molecular complexity index is 207. The SMILES string of the molecule is C=C(F)C(=O)N1CCC(CC)CC1. The van der Waals surface area contributed by atoms with Gasteiger partial charge in [-0.05, 0) is 18.8 Å². The molecule has 2 nitrogen and oxygen atoms in total. The molecule has 1 saturated heterocycles. The van der Waals surface area contributed by atoms with E-state index in [2.05, 4.69) is 13.5 Å². The highest BCUT2D eigenvalue weighted by molar-refractivity contribution is 5.90. The van der Waals surface area contributed by atoms with Crippen LogP contribution in [0.5, 0.6) is 0 Å². The summed E-state index contributed by atoms with van der Waals surface area (Å²) in [6.07, 6.45) is 3.14. The molecule has 1 amide bonds. The Labute approximate surface area is 78.4 Å². The molecule has 0 unspecified atom stereocenters. The molecule has 1 fully saturated rings. The molecule has 0 aromatic heterocycles. The van der Waals surface area contributed by atoms with Crippen molar-refractivity contribution >= 4 is 5.91 Å². The lowest BCUT2D eigenvalue weighted by molar-refractivity contribution is -0.130. The molecule has 0 aromatic carbocycles. The molecule has 74 valence electrons. The molecule has 0 aromatic rings. The molecule has 1 aliphatic rings. The summed E-state index contributed by atoms with van der Waals surface area (Å²) in [5, 5.41) is 0. The number of piperidine rings is 1. The van der Waals surface area contributed by atoms with Crippen LogP contribution in [0.3, 0.4) is 0 Å². The largest absolute Gasteiger partial charge is 0.337 e. The zero-order valence-electron chi connectivity index (χ0n) is 8.05. The molecule has 0 atom stereocenters. The third-order valence-electron chi connectivity index (χ3n) is 2.71. The molecule has 1 aliphatic heterocycles. The second-order valence-corrected chi connectivity index (χ2v) is 3.55. The summed E-state index contributed by atoms with van der Waals surface area (Å²) in [4.78, 5) is 12.7. The topological polar surface area (TPSA) is 20.3 Å². The molecule has 1 rings (SSSR count). The van der Waals surface area contributed by atoms with Gasteiger partial charge in [0.25, 0.3) is 5.91 Å². The van der Waals surface area contributed by atoms with Gasteiger partial charge < -0.3 is 4.90 Å². The highest BCUT2D eigenvalue weighted by Crippen LogP contribution is 2.20. The van der Waals surface area contributed by atoms with E-state index in [1.807, 2.05) is 0 Å². The number of likely N-dealkylation sites (tertiary alicyclic amines) is 1. The normalized spacial score (nSPS) is 18.8. The molecule has 0 saturated carbocycles. The maximum atomic E-state index is 12.5. The van der Waals surface area contributed by atoms with Gasteiger partial charge in [0.15, 0.2) is 5.83 Å². The summed E-state index contributed by atoms with van der Waals surface area (Å²) in [6, 6.07) is 0. The highest BCUT2D eigenvalue weighted by atomic mass is 19.1. The second-order valence-electron chi connectivity index (χ2n) is 3.55. The Morgan fingerprint density at radius 3 is 2.46 bits per heavy atom. The zero-order chi connectivity index (χ0) is 9.84. The minimum atomic E-state index is -0.838. The van der Waals surface area contributed by atoms with E-state index >= 15 is 0 Å². The first-order chi connectivity index (χ1) is 6.15. The van der Waals surface area contributed by atoms with E-state index in [1.54, 1.807) is 4.90 Å². The van der Waals surface area contributed by atoms with Gasteiger partial charge in [-0.1, -0.05) is 19.9 Å². The Morgan fingerprint density at radius 1 is 1.54 bits per heavy atom. The quantitative estimate of drug-likeness (QED) is 0.603. The third kappa shape index (κ3) is 2.54. The number of hydrogen-bond donors (Lipinski definition) is 0. The van der Waals surface area contributed by atoms with Crippen molar-refractivity contribution in [2.24, 2.45) is 5.92 Å². The molecule has 0 N–H and O–H groups in total. The van der Waals surface area contributed by atoms with Crippen molar-refractivity contribution in [3.05, 3.63) is 12.4 Å². The third-order valence-corrected chi connectivity index (χ3v) is 2.71. The van der Waals surface area contributed by atoms with E-state index in [9.17, 15) is 9.18 Å². The van der Waals surface area contributed by atoms with Gasteiger partial charge in [0.05, 0.1) is 0 Å². The summed E-state index contributed by atoms with van der Waals surface area (Å²) in [7, 11) is 0. The summed E-state index contributed by atoms with van der Waals surface area (Å²) in [5.74, 6) is -0.665. The van der Waals surface area contributed by atoms with Gasteiger partial charge in [0, 0.05) is 13.1 Å². The zero-order valence-corrected chi connectivity index (χ0v) is 8.05. The van der Waals surface area contributed by atoms with Crippen LogP contribution in [0.2, 0.25) is 0 Å². The van der Waals surface area contributed by atoms with Crippen molar-refractivity contribution in [2.75, 3.05) is 13.1 Å². The van der Waals surface area contributed by atoms with Crippen LogP contribution >= 0.6 is 0 Å². The van der Waals surface area contributed by atoms with Crippen LogP contribution in [0.4, 0.5) is 4.39 Å². The Hall–Kier alpha value is -0.860. The van der Waals surface area contributed by atoms with Gasteiger partial charge in [-0.2, -0.15) is 0 Å². The average Bonchev–Trinajstić information content (AvgIpc) is 2.17. The van der Waals surface area contributed by atoms with Crippen molar-refractivity contribution in [3.8, 4) is 0 Å². The summed E-state index contributed by atoms with van der Waals surface area (Å²) >= 11 is 0. The van der Waals surface area contributed by atoms with Crippen molar-refractivity contribution in [2.45, 2.75) is 26.2 Å². The molecule has 13 heavy (non-hydrogen) atoms. The van der Waals surface area contributed by atoms with Crippen LogP contribution in [0.15, 0.2) is 12.4 Å². The maximum Gasteiger partial charge on any atom is 0.281 e. The van der Waals surface area contributed by atoms with E-state index in [-0.39, 0.29) is 0 Å². The number of rotatable bonds is 2. The molecule has 1 heterocycles. The molecular weight excluding hydrogens is 169 g/mol. The van der Waals surface area contributed by atoms with Crippen LogP contribution in [0.1, 0.15) is 26.2 Å². The van der Waals surface area contributed by atoms with Crippen molar-refractivity contribution in [1.82, 2.24) is 4.90 Å². The first-order valence-electron chi connectivity index (χ1n) is 4.78. The van der Waals surface area contributed by atoms with Crippen molar-refractivity contribution in [1.29, 1.82) is 0 Å². The second kappa shape index (κ2) is 4.40. The van der Waals surface area contributed by atoms with Gasteiger partial charge in [-0.3, -0.25) is 4.79 Å². The minimum Gasteiger partial charge on any atom is -0.337 e. The van der Waals surface area contributed by atoms with E-state index in [4.69, 9.17) is 0 Å². The number of halogens is 1. The lowest BCUT2D eigenvalue weighted by Gasteiger charge is -2.30. The van der Waals surface area contributed by atoms with Crippen molar-refractivity contribution in [3.63, 3.8) is 0 Å². The smallest absolute Gasteiger partial charge is 0.281 e. The van der Waals surface area contributed by atoms with Crippen LogP contribution in [-0.4, -0.2) is 23.9 Å². The standard InChI is InChI=1S/C10H16FNO/c1-3-9-4-6-12(7-5-9)10(13)8(2)11/h9H,2-7H2,1H3. The van der Waals surface area contributed by atoms with Crippen molar-refractivity contribution < 1.29 is 9.18 Å². The van der Waals surface area contributed by atoms with Gasteiger partial charge in [-0.25, -0.2) is 4.39 Å². The Morgan fingerprint density at radius 2 is 2.08 bits per heavy atom. The fraction of sp³-hybridized carbons (Fsp3) is 0.700. The maximum absolute atomic E-state index is 12.5. The Kier molecular flexibility index (Phi) is 3.46. The molecule has 0 aliphatic carbocycles. The Balaban J connectivity index is 2.41. The molecular formula is C10H16FNO. The lowest BCUT2D eigenvalue weighted by atomic mass is 9.94. The predicted molar refractivity (Wildman–Crippen MR) is 49.8 cm³/mol. The van der Waals surface area contributed by atoms with Gasteiger partial charge in [0.2, 0.25) is 0 Å². The van der Waals surface area contributed by atoms with Crippen LogP contribution in [-0.2, 0) is 4.79 Å². The van der Waals surface area contributed by atoms with E-state index in [1.165, 1.54) is 0 Å². The van der Waals surface area contributed by atoms with Gasteiger partial charge in [0.1, 0.15) is 0 Å². The van der Waals surface area contributed by atoms with Gasteiger partial charge >= 0.3 is 0 Å². The van der Waals surface area contributed by atoms with Crippen LogP contribution < -0.4 is 0 Å². The first kappa shape index (κ1) is 10.2. The predicted octanol–water partition coefficient (Wildman–Crippen LogP) is 2.12. The monoisotopic (exact) mass is 185 g/mol. The average molecular weight is 185 g/mol. The fourth-order valence-electron chi connectivity index (χ4n) is 1.72. The number of amides is 1. The molecule has 0 bridgehead atoms. The van der Waals surface area contributed by atoms with E-state index in [0.29, 0.717) is 19.0 Å². The summed E-state index contributed by atoms with van der Waals surface area (Å²) in [5.41, 5.74) is 0. The van der Waals surface area contributed by atoms with Crippen LogP contribution in [0.25, 0.3) is 0 Å². The van der Waals surface area contributed by atoms with Gasteiger partial charge in [-0.15, -0.1) is 0 Å². The van der Waals surface area contributed by atoms with Crippen LogP contribution in [0, 0.1) is 5.92 Å². The van der Waals surface area contributed by atoms with E-state index in [0.717, 1.165) is 19.3 Å². The molecule has 0 radical (unpaired) electrons.